The summed E-state index contributed by atoms with van der Waals surface area (Å²) in [6, 6.07) is 13.4. The third-order valence-electron chi connectivity index (χ3n) is 4.32. The second-order valence-corrected chi connectivity index (χ2v) is 7.02. The Bertz CT molecular complexity index is 813. The number of aromatic nitrogens is 2. The van der Waals surface area contributed by atoms with Crippen LogP contribution in [0.25, 0.3) is 16.9 Å². The smallest absolute Gasteiger partial charge is 0.139 e. The van der Waals surface area contributed by atoms with Gasteiger partial charge in [0.2, 0.25) is 0 Å². The van der Waals surface area contributed by atoms with Crippen molar-refractivity contribution in [2.45, 2.75) is 33.7 Å². The van der Waals surface area contributed by atoms with Gasteiger partial charge in [-0.15, -0.1) is 0 Å². The molecule has 2 heterocycles. The Morgan fingerprint density at radius 2 is 1.78 bits per heavy atom. The summed E-state index contributed by atoms with van der Waals surface area (Å²) in [5.74, 6) is 1.24. The van der Waals surface area contributed by atoms with E-state index in [-0.39, 0.29) is 17.2 Å². The van der Waals surface area contributed by atoms with E-state index in [1.54, 1.807) is 12.1 Å². The Morgan fingerprint density at radius 1 is 1.09 bits per heavy atom. The van der Waals surface area contributed by atoms with Gasteiger partial charge in [-0.1, -0.05) is 26.8 Å². The predicted molar refractivity (Wildman–Crippen MR) is 94.8 cm³/mol. The average molecular weight is 309 g/mol. The first kappa shape index (κ1) is 15.4. The molecule has 2 aromatic heterocycles. The van der Waals surface area contributed by atoms with Gasteiger partial charge in [-0.2, -0.15) is 0 Å². The molecule has 0 bridgehead atoms. The van der Waals surface area contributed by atoms with Crippen LogP contribution < -0.4 is 5.32 Å². The minimum absolute atomic E-state index is 0.130. The van der Waals surface area contributed by atoms with Crippen molar-refractivity contribution < 1.29 is 5.11 Å². The van der Waals surface area contributed by atoms with Crippen molar-refractivity contribution in [2.75, 3.05) is 5.32 Å². The van der Waals surface area contributed by atoms with Crippen molar-refractivity contribution in [3.63, 3.8) is 0 Å². The number of phenols is 1. The number of imidazole rings is 1. The number of rotatable bonds is 3. The second-order valence-electron chi connectivity index (χ2n) is 7.02. The average Bonchev–Trinajstić information content (AvgIpc) is 2.86. The van der Waals surface area contributed by atoms with Crippen LogP contribution in [0.2, 0.25) is 0 Å². The largest absolute Gasteiger partial charge is 0.508 e. The van der Waals surface area contributed by atoms with Gasteiger partial charge in [-0.05, 0) is 48.7 Å². The molecule has 120 valence electrons. The number of nitrogens with zero attached hydrogens (tertiary/aromatic N) is 2. The Labute approximate surface area is 136 Å². The summed E-state index contributed by atoms with van der Waals surface area (Å²) in [4.78, 5) is 4.77. The normalized spacial score (nSPS) is 13.2. The van der Waals surface area contributed by atoms with Gasteiger partial charge in [0.15, 0.2) is 0 Å². The van der Waals surface area contributed by atoms with Crippen molar-refractivity contribution >= 4 is 11.5 Å². The minimum atomic E-state index is 0.130. The van der Waals surface area contributed by atoms with Crippen LogP contribution in [0.15, 0.2) is 48.7 Å². The van der Waals surface area contributed by atoms with E-state index in [4.69, 9.17) is 4.98 Å². The molecule has 0 saturated carbocycles. The molecule has 4 nitrogen and oxygen atoms in total. The summed E-state index contributed by atoms with van der Waals surface area (Å²) < 4.78 is 2.07. The summed E-state index contributed by atoms with van der Waals surface area (Å²) in [6.45, 7) is 8.83. The zero-order valence-electron chi connectivity index (χ0n) is 14.0. The van der Waals surface area contributed by atoms with Gasteiger partial charge >= 0.3 is 0 Å². The van der Waals surface area contributed by atoms with E-state index in [0.717, 1.165) is 22.7 Å². The van der Waals surface area contributed by atoms with Crippen molar-refractivity contribution in [2.24, 2.45) is 5.41 Å². The quantitative estimate of drug-likeness (QED) is 0.746. The highest BCUT2D eigenvalue weighted by Gasteiger charge is 2.23. The molecule has 0 aliphatic carbocycles. The lowest BCUT2D eigenvalue weighted by molar-refractivity contribution is 0.358. The topological polar surface area (TPSA) is 49.6 Å². The van der Waals surface area contributed by atoms with Crippen LogP contribution in [0.1, 0.15) is 27.7 Å². The molecule has 0 spiro atoms. The van der Waals surface area contributed by atoms with Crippen molar-refractivity contribution in [3.05, 3.63) is 48.7 Å². The third-order valence-corrected chi connectivity index (χ3v) is 4.32. The van der Waals surface area contributed by atoms with Gasteiger partial charge in [0, 0.05) is 17.8 Å². The van der Waals surface area contributed by atoms with Crippen LogP contribution >= 0.6 is 0 Å². The number of benzene rings is 1. The summed E-state index contributed by atoms with van der Waals surface area (Å²) in [5.41, 5.74) is 2.91. The Hall–Kier alpha value is -2.49. The lowest BCUT2D eigenvalue weighted by Gasteiger charge is -2.29. The van der Waals surface area contributed by atoms with Crippen LogP contribution in [-0.4, -0.2) is 20.5 Å². The first-order chi connectivity index (χ1) is 10.9. The molecule has 0 saturated heterocycles. The van der Waals surface area contributed by atoms with Crippen LogP contribution in [0.4, 0.5) is 5.82 Å². The van der Waals surface area contributed by atoms with E-state index in [0.29, 0.717) is 0 Å². The second kappa shape index (κ2) is 5.61. The van der Waals surface area contributed by atoms with Crippen molar-refractivity contribution in [1.29, 1.82) is 0 Å². The fraction of sp³-hybridized carbons (Fsp3) is 0.316. The summed E-state index contributed by atoms with van der Waals surface area (Å²) in [6.07, 6.45) is 2.02. The van der Waals surface area contributed by atoms with Gasteiger partial charge in [-0.3, -0.25) is 4.40 Å². The molecule has 0 fully saturated rings. The summed E-state index contributed by atoms with van der Waals surface area (Å²) >= 11 is 0. The lowest BCUT2D eigenvalue weighted by atomic mass is 9.88. The highest BCUT2D eigenvalue weighted by Crippen LogP contribution is 2.32. The molecular weight excluding hydrogens is 286 g/mol. The van der Waals surface area contributed by atoms with E-state index in [9.17, 15) is 5.11 Å². The van der Waals surface area contributed by atoms with Gasteiger partial charge in [0.1, 0.15) is 22.9 Å². The number of pyridine rings is 1. The van der Waals surface area contributed by atoms with E-state index < -0.39 is 0 Å². The van der Waals surface area contributed by atoms with Crippen LogP contribution in [0.3, 0.4) is 0 Å². The standard InChI is InChI=1S/C19H23N3O/c1-13(19(2,3)4)20-18-17(14-8-10-15(23)11-9-14)21-16-7-5-6-12-22(16)18/h5-13,20,23H,1-4H3. The zero-order valence-corrected chi connectivity index (χ0v) is 14.0. The molecule has 23 heavy (non-hydrogen) atoms. The van der Waals surface area contributed by atoms with E-state index in [1.165, 1.54) is 0 Å². The minimum Gasteiger partial charge on any atom is -0.508 e. The molecule has 1 unspecified atom stereocenters. The molecule has 4 heteroatoms. The van der Waals surface area contributed by atoms with Gasteiger partial charge in [0.25, 0.3) is 0 Å². The van der Waals surface area contributed by atoms with Crippen LogP contribution in [-0.2, 0) is 0 Å². The van der Waals surface area contributed by atoms with Crippen LogP contribution in [0.5, 0.6) is 5.75 Å². The molecule has 0 amide bonds. The highest BCUT2D eigenvalue weighted by atomic mass is 16.3. The molecule has 0 aliphatic rings. The molecule has 0 aliphatic heterocycles. The molecular formula is C19H23N3O. The number of hydrogen-bond donors (Lipinski definition) is 2. The van der Waals surface area contributed by atoms with Crippen LogP contribution in [0, 0.1) is 5.41 Å². The fourth-order valence-corrected chi connectivity index (χ4v) is 2.38. The van der Waals surface area contributed by atoms with E-state index in [2.05, 4.69) is 37.4 Å². The number of hydrogen-bond acceptors (Lipinski definition) is 3. The van der Waals surface area contributed by atoms with E-state index >= 15 is 0 Å². The fourth-order valence-electron chi connectivity index (χ4n) is 2.38. The summed E-state index contributed by atoms with van der Waals surface area (Å²) in [5, 5.41) is 13.1. The maximum absolute atomic E-state index is 9.52. The van der Waals surface area contributed by atoms with Gasteiger partial charge < -0.3 is 10.4 Å². The predicted octanol–water partition coefficient (Wildman–Crippen LogP) is 4.55. The number of nitrogens with one attached hydrogen (secondary N) is 1. The maximum Gasteiger partial charge on any atom is 0.139 e. The monoisotopic (exact) mass is 309 g/mol. The molecule has 3 rings (SSSR count). The Morgan fingerprint density at radius 3 is 2.43 bits per heavy atom. The van der Waals surface area contributed by atoms with Gasteiger partial charge in [-0.25, -0.2) is 4.98 Å². The highest BCUT2D eigenvalue weighted by molar-refractivity contribution is 5.77. The third kappa shape index (κ3) is 3.02. The molecule has 0 radical (unpaired) electrons. The summed E-state index contributed by atoms with van der Waals surface area (Å²) in [7, 11) is 0. The zero-order chi connectivity index (χ0) is 16.6. The van der Waals surface area contributed by atoms with Gasteiger partial charge in [0.05, 0.1) is 0 Å². The molecule has 1 atom stereocenters. The van der Waals surface area contributed by atoms with Crippen molar-refractivity contribution in [3.8, 4) is 17.0 Å². The first-order valence-corrected chi connectivity index (χ1v) is 7.89. The Balaban J connectivity index is 2.13. The lowest BCUT2D eigenvalue weighted by Crippen LogP contribution is -2.31. The number of phenolic OH excluding ortho intramolecular Hbond substituents is 1. The first-order valence-electron chi connectivity index (χ1n) is 7.89. The number of anilines is 1. The number of aromatic hydroxyl groups is 1. The maximum atomic E-state index is 9.52. The molecule has 3 aromatic rings. The van der Waals surface area contributed by atoms with E-state index in [1.807, 2.05) is 36.5 Å². The Kier molecular flexibility index (Phi) is 3.76. The SMILES string of the molecule is CC(Nc1c(-c2ccc(O)cc2)nc2ccccn12)C(C)(C)C. The van der Waals surface area contributed by atoms with Crippen molar-refractivity contribution in [1.82, 2.24) is 9.38 Å². The molecule has 2 N–H and O–H groups in total. The molecule has 1 aromatic carbocycles. The number of fused-ring (bicyclic) bond motifs is 1.